The van der Waals surface area contributed by atoms with Gasteiger partial charge in [0.15, 0.2) is 0 Å². The van der Waals surface area contributed by atoms with Crippen molar-refractivity contribution < 1.29 is 23.4 Å². The normalized spacial score (nSPS) is 13.3. The highest BCUT2D eigenvalue weighted by molar-refractivity contribution is 7.89. The molecule has 112 valence electrons. The summed E-state index contributed by atoms with van der Waals surface area (Å²) in [6.45, 7) is 3.49. The van der Waals surface area contributed by atoms with Crippen LogP contribution >= 0.6 is 0 Å². The largest absolute Gasteiger partial charge is 0.508 e. The molecule has 1 atom stereocenters. The number of benzene rings is 1. The molecule has 7 heteroatoms. The molecule has 0 aromatic heterocycles. The van der Waals surface area contributed by atoms with Crippen LogP contribution in [0, 0.1) is 5.92 Å². The average Bonchev–Trinajstić information content (AvgIpc) is 2.29. The first-order valence-corrected chi connectivity index (χ1v) is 7.85. The van der Waals surface area contributed by atoms with Crippen LogP contribution in [0.2, 0.25) is 0 Å². The molecule has 0 aliphatic heterocycles. The smallest absolute Gasteiger partial charge is 0.322 e. The minimum atomic E-state index is -3.63. The Hall–Kier alpha value is -1.60. The minimum Gasteiger partial charge on any atom is -0.508 e. The number of aromatic hydroxyl groups is 1. The molecule has 0 unspecified atom stereocenters. The summed E-state index contributed by atoms with van der Waals surface area (Å²) in [4.78, 5) is 11.2. The number of phenols is 1. The Labute approximate surface area is 118 Å². The Morgan fingerprint density at radius 3 is 2.25 bits per heavy atom. The van der Waals surface area contributed by atoms with E-state index in [2.05, 4.69) is 4.72 Å². The fraction of sp³-hybridized carbons (Fsp3) is 0.462. The first-order valence-electron chi connectivity index (χ1n) is 6.20. The molecule has 0 bridgehead atoms. The van der Waals surface area contributed by atoms with Crippen molar-refractivity contribution >= 4 is 16.0 Å². The number of hydrogen-bond acceptors (Lipinski definition) is 4. The number of rotatable bonds is 7. The molecule has 0 amide bonds. The summed E-state index contributed by atoms with van der Waals surface area (Å²) in [5, 5.41) is 18.3. The van der Waals surface area contributed by atoms with Gasteiger partial charge < -0.3 is 10.2 Å². The maximum absolute atomic E-state index is 11.8. The van der Waals surface area contributed by atoms with Gasteiger partial charge in [0.2, 0.25) is 10.0 Å². The zero-order valence-corrected chi connectivity index (χ0v) is 12.2. The molecular weight excluding hydrogens is 282 g/mol. The SMILES string of the molecule is CC(C)CS(=O)(=O)N[C@@H](Cc1ccc(O)cc1)C(=O)O. The summed E-state index contributed by atoms with van der Waals surface area (Å²) in [7, 11) is -3.63. The quantitative estimate of drug-likeness (QED) is 0.696. The lowest BCUT2D eigenvalue weighted by Gasteiger charge is -2.16. The van der Waals surface area contributed by atoms with E-state index >= 15 is 0 Å². The number of carboxylic acid groups (broad SMARTS) is 1. The van der Waals surface area contributed by atoms with Crippen LogP contribution in [0.1, 0.15) is 19.4 Å². The molecule has 0 aliphatic carbocycles. The average molecular weight is 301 g/mol. The molecule has 0 radical (unpaired) electrons. The van der Waals surface area contributed by atoms with Crippen molar-refractivity contribution in [2.45, 2.75) is 26.3 Å². The number of aliphatic carboxylic acids is 1. The molecule has 0 heterocycles. The molecule has 0 saturated carbocycles. The van der Waals surface area contributed by atoms with Gasteiger partial charge in [0.25, 0.3) is 0 Å². The molecule has 0 spiro atoms. The zero-order valence-electron chi connectivity index (χ0n) is 11.4. The first kappa shape index (κ1) is 16.5. The molecule has 20 heavy (non-hydrogen) atoms. The van der Waals surface area contributed by atoms with Crippen LogP contribution in [0.15, 0.2) is 24.3 Å². The van der Waals surface area contributed by atoms with Gasteiger partial charge in [-0.25, -0.2) is 13.1 Å². The van der Waals surface area contributed by atoms with E-state index < -0.39 is 22.0 Å². The molecule has 1 rings (SSSR count). The lowest BCUT2D eigenvalue weighted by atomic mass is 10.1. The molecule has 3 N–H and O–H groups in total. The third-order valence-electron chi connectivity index (χ3n) is 2.55. The number of nitrogens with one attached hydrogen (secondary N) is 1. The van der Waals surface area contributed by atoms with Gasteiger partial charge in [-0.15, -0.1) is 0 Å². The van der Waals surface area contributed by atoms with Crippen LogP contribution < -0.4 is 4.72 Å². The van der Waals surface area contributed by atoms with E-state index in [0.717, 1.165) is 0 Å². The highest BCUT2D eigenvalue weighted by Gasteiger charge is 2.24. The Morgan fingerprint density at radius 1 is 1.25 bits per heavy atom. The van der Waals surface area contributed by atoms with E-state index in [-0.39, 0.29) is 23.8 Å². The van der Waals surface area contributed by atoms with Crippen LogP contribution in [-0.4, -0.2) is 36.4 Å². The number of hydrogen-bond donors (Lipinski definition) is 3. The van der Waals surface area contributed by atoms with Crippen molar-refractivity contribution in [2.24, 2.45) is 5.92 Å². The molecule has 1 aromatic carbocycles. The Morgan fingerprint density at radius 2 is 1.80 bits per heavy atom. The monoisotopic (exact) mass is 301 g/mol. The molecule has 0 aliphatic rings. The third kappa shape index (κ3) is 5.58. The van der Waals surface area contributed by atoms with Crippen molar-refractivity contribution in [1.29, 1.82) is 0 Å². The van der Waals surface area contributed by atoms with E-state index in [9.17, 15) is 13.2 Å². The predicted molar refractivity (Wildman–Crippen MR) is 75.0 cm³/mol. The van der Waals surface area contributed by atoms with E-state index in [0.29, 0.717) is 5.56 Å². The van der Waals surface area contributed by atoms with Crippen molar-refractivity contribution in [3.05, 3.63) is 29.8 Å². The first-order chi connectivity index (χ1) is 9.19. The van der Waals surface area contributed by atoms with Gasteiger partial charge in [-0.05, 0) is 30.0 Å². The zero-order chi connectivity index (χ0) is 15.3. The van der Waals surface area contributed by atoms with Crippen LogP contribution in [0.3, 0.4) is 0 Å². The van der Waals surface area contributed by atoms with Gasteiger partial charge in [-0.3, -0.25) is 4.79 Å². The topological polar surface area (TPSA) is 104 Å². The molecule has 0 fully saturated rings. The van der Waals surface area contributed by atoms with Gasteiger partial charge in [-0.1, -0.05) is 26.0 Å². The summed E-state index contributed by atoms with van der Waals surface area (Å²) >= 11 is 0. The van der Waals surface area contributed by atoms with Crippen molar-refractivity contribution in [2.75, 3.05) is 5.75 Å². The molecule has 0 saturated heterocycles. The van der Waals surface area contributed by atoms with Gasteiger partial charge in [0.05, 0.1) is 5.75 Å². The van der Waals surface area contributed by atoms with Gasteiger partial charge in [-0.2, -0.15) is 0 Å². The number of phenolic OH excluding ortho intramolecular Hbond substituents is 1. The summed E-state index contributed by atoms with van der Waals surface area (Å²) in [6.07, 6.45) is 0.0208. The fourth-order valence-electron chi connectivity index (χ4n) is 1.75. The standard InChI is InChI=1S/C13H19NO5S/c1-9(2)8-20(18,19)14-12(13(16)17)7-10-3-5-11(15)6-4-10/h3-6,9,12,14-15H,7-8H2,1-2H3,(H,16,17)/t12-/m0/s1. The van der Waals surface area contributed by atoms with E-state index in [1.165, 1.54) is 12.1 Å². The number of carbonyl (C=O) groups is 1. The highest BCUT2D eigenvalue weighted by atomic mass is 32.2. The highest BCUT2D eigenvalue weighted by Crippen LogP contribution is 2.12. The van der Waals surface area contributed by atoms with Gasteiger partial charge >= 0.3 is 5.97 Å². The number of sulfonamides is 1. The second-order valence-electron chi connectivity index (χ2n) is 5.05. The predicted octanol–water partition coefficient (Wildman–Crippen LogP) is 0.963. The summed E-state index contributed by atoms with van der Waals surface area (Å²) in [5.41, 5.74) is 0.627. The van der Waals surface area contributed by atoms with Crippen molar-refractivity contribution in [3.63, 3.8) is 0 Å². The second kappa shape index (κ2) is 6.71. The lowest BCUT2D eigenvalue weighted by molar-refractivity contribution is -0.138. The van der Waals surface area contributed by atoms with Crippen LogP contribution in [0.5, 0.6) is 5.75 Å². The maximum atomic E-state index is 11.8. The fourth-order valence-corrected chi connectivity index (χ4v) is 3.34. The van der Waals surface area contributed by atoms with Crippen molar-refractivity contribution in [3.8, 4) is 5.75 Å². The number of carboxylic acids is 1. The molecule has 1 aromatic rings. The Kier molecular flexibility index (Phi) is 5.52. The van der Waals surface area contributed by atoms with Crippen LogP contribution in [0.25, 0.3) is 0 Å². The minimum absolute atomic E-state index is 0.0208. The molecule has 6 nitrogen and oxygen atoms in total. The van der Waals surface area contributed by atoms with Crippen LogP contribution in [0.4, 0.5) is 0 Å². The van der Waals surface area contributed by atoms with Gasteiger partial charge in [0, 0.05) is 0 Å². The maximum Gasteiger partial charge on any atom is 0.322 e. The lowest BCUT2D eigenvalue weighted by Crippen LogP contribution is -2.43. The van der Waals surface area contributed by atoms with Crippen LogP contribution in [-0.2, 0) is 21.2 Å². The summed E-state index contributed by atoms with van der Waals surface area (Å²) < 4.78 is 25.8. The molecular formula is C13H19NO5S. The second-order valence-corrected chi connectivity index (χ2v) is 6.85. The van der Waals surface area contributed by atoms with Gasteiger partial charge in [0.1, 0.15) is 11.8 Å². The Balaban J connectivity index is 2.80. The summed E-state index contributed by atoms with van der Waals surface area (Å²) in [5.74, 6) is -1.37. The van der Waals surface area contributed by atoms with E-state index in [1.807, 2.05) is 0 Å². The van der Waals surface area contributed by atoms with E-state index in [4.69, 9.17) is 10.2 Å². The Bertz CT molecular complexity index is 551. The summed E-state index contributed by atoms with van der Waals surface area (Å²) in [6, 6.07) is 4.75. The third-order valence-corrected chi connectivity index (χ3v) is 4.30. The van der Waals surface area contributed by atoms with Crippen molar-refractivity contribution in [1.82, 2.24) is 4.72 Å². The van der Waals surface area contributed by atoms with E-state index in [1.54, 1.807) is 26.0 Å².